The molecule has 0 unspecified atom stereocenters. The highest BCUT2D eigenvalue weighted by Gasteiger charge is 2.04. The second kappa shape index (κ2) is 12.4. The van der Waals surface area contributed by atoms with E-state index in [9.17, 15) is 0 Å². The standard InChI is InChI=1S/C16H30N2OS2/c1-14-16(20-15(2)18-14)21-17-12-10-8-6-4-5-7-9-11-13-19-3/h17H,4-13H2,1-3H3. The molecule has 0 bridgehead atoms. The Morgan fingerprint density at radius 2 is 1.62 bits per heavy atom. The van der Waals surface area contributed by atoms with Crippen molar-refractivity contribution in [1.29, 1.82) is 0 Å². The zero-order valence-corrected chi connectivity index (χ0v) is 15.4. The molecule has 1 rings (SSSR count). The molecule has 1 heterocycles. The third-order valence-electron chi connectivity index (χ3n) is 3.40. The molecule has 0 saturated heterocycles. The van der Waals surface area contributed by atoms with Gasteiger partial charge in [-0.15, -0.1) is 11.3 Å². The third-order valence-corrected chi connectivity index (χ3v) is 5.60. The predicted molar refractivity (Wildman–Crippen MR) is 94.3 cm³/mol. The number of hydrogen-bond donors (Lipinski definition) is 1. The van der Waals surface area contributed by atoms with Gasteiger partial charge in [-0.05, 0) is 38.6 Å². The number of nitrogens with zero attached hydrogens (tertiary/aromatic N) is 1. The van der Waals surface area contributed by atoms with Crippen molar-refractivity contribution in [2.75, 3.05) is 20.3 Å². The van der Waals surface area contributed by atoms with E-state index in [0.29, 0.717) is 0 Å². The van der Waals surface area contributed by atoms with E-state index in [1.165, 1.54) is 55.6 Å². The fraction of sp³-hybridized carbons (Fsp3) is 0.812. The number of ether oxygens (including phenoxy) is 1. The smallest absolute Gasteiger partial charge is 0.0981 e. The maximum atomic E-state index is 5.05. The number of aryl methyl sites for hydroxylation is 2. The molecule has 122 valence electrons. The fourth-order valence-corrected chi connectivity index (χ4v) is 4.15. The number of methoxy groups -OCH3 is 1. The van der Waals surface area contributed by atoms with Gasteiger partial charge in [0.2, 0.25) is 0 Å². The summed E-state index contributed by atoms with van der Waals surface area (Å²) in [6.07, 6.45) is 10.6. The van der Waals surface area contributed by atoms with Gasteiger partial charge in [0.05, 0.1) is 14.9 Å². The largest absolute Gasteiger partial charge is 0.385 e. The quantitative estimate of drug-likeness (QED) is 0.402. The minimum Gasteiger partial charge on any atom is -0.385 e. The van der Waals surface area contributed by atoms with Crippen molar-refractivity contribution in [1.82, 2.24) is 9.71 Å². The lowest BCUT2D eigenvalue weighted by Crippen LogP contribution is -2.04. The molecule has 1 aromatic rings. The van der Waals surface area contributed by atoms with Crippen molar-refractivity contribution in [2.45, 2.75) is 69.4 Å². The van der Waals surface area contributed by atoms with Crippen LogP contribution in [0, 0.1) is 13.8 Å². The third kappa shape index (κ3) is 9.51. The number of hydrogen-bond acceptors (Lipinski definition) is 5. The van der Waals surface area contributed by atoms with Crippen LogP contribution in [0.1, 0.15) is 62.1 Å². The maximum absolute atomic E-state index is 5.05. The predicted octanol–water partition coefficient (Wildman–Crippen LogP) is 5.12. The minimum absolute atomic E-state index is 0.919. The summed E-state index contributed by atoms with van der Waals surface area (Å²) >= 11 is 3.52. The zero-order valence-electron chi connectivity index (χ0n) is 13.7. The summed E-state index contributed by atoms with van der Waals surface area (Å²) in [4.78, 5) is 4.44. The Kier molecular flexibility index (Phi) is 11.2. The summed E-state index contributed by atoms with van der Waals surface area (Å²) in [6.45, 7) is 6.16. The monoisotopic (exact) mass is 330 g/mol. The summed E-state index contributed by atoms with van der Waals surface area (Å²) in [6, 6.07) is 0. The SMILES string of the molecule is COCCCCCCCCCCNSc1sc(C)nc1C. The van der Waals surface area contributed by atoms with Crippen molar-refractivity contribution in [3.8, 4) is 0 Å². The Labute approximate surface area is 138 Å². The van der Waals surface area contributed by atoms with Crippen molar-refractivity contribution >= 4 is 23.3 Å². The average Bonchev–Trinajstić information content (AvgIpc) is 2.78. The Morgan fingerprint density at radius 3 is 2.19 bits per heavy atom. The lowest BCUT2D eigenvalue weighted by atomic mass is 10.1. The van der Waals surface area contributed by atoms with E-state index in [4.69, 9.17) is 4.74 Å². The van der Waals surface area contributed by atoms with Crippen LogP contribution in [0.25, 0.3) is 0 Å². The number of nitrogens with one attached hydrogen (secondary N) is 1. The van der Waals surface area contributed by atoms with Crippen molar-refractivity contribution in [2.24, 2.45) is 0 Å². The van der Waals surface area contributed by atoms with E-state index in [1.807, 2.05) is 0 Å². The molecule has 0 aliphatic carbocycles. The van der Waals surface area contributed by atoms with Gasteiger partial charge in [-0.2, -0.15) is 0 Å². The molecule has 3 nitrogen and oxygen atoms in total. The molecule has 0 spiro atoms. The van der Waals surface area contributed by atoms with Crippen molar-refractivity contribution < 1.29 is 4.74 Å². The number of thiazole rings is 1. The molecule has 1 N–H and O–H groups in total. The van der Waals surface area contributed by atoms with Crippen molar-refractivity contribution in [3.63, 3.8) is 0 Å². The summed E-state index contributed by atoms with van der Waals surface area (Å²) in [5.74, 6) is 0. The molecule has 5 heteroatoms. The van der Waals surface area contributed by atoms with Crippen LogP contribution in [0.5, 0.6) is 0 Å². The molecule has 0 saturated carbocycles. The van der Waals surface area contributed by atoms with E-state index >= 15 is 0 Å². The molecule has 0 radical (unpaired) electrons. The van der Waals surface area contributed by atoms with Crippen LogP contribution < -0.4 is 4.72 Å². The summed E-state index contributed by atoms with van der Waals surface area (Å²) in [5, 5.41) is 1.15. The van der Waals surface area contributed by atoms with Gasteiger partial charge in [0.15, 0.2) is 0 Å². The molecule has 0 aliphatic heterocycles. The molecule has 0 aliphatic rings. The van der Waals surface area contributed by atoms with Crippen LogP contribution in [0.4, 0.5) is 0 Å². The second-order valence-electron chi connectivity index (χ2n) is 5.42. The molecule has 0 fully saturated rings. The van der Waals surface area contributed by atoms with Crippen LogP contribution in [-0.4, -0.2) is 25.2 Å². The highest BCUT2D eigenvalue weighted by Crippen LogP contribution is 2.26. The van der Waals surface area contributed by atoms with Crippen LogP contribution in [0.15, 0.2) is 4.21 Å². The number of rotatable bonds is 13. The molecule has 0 atom stereocenters. The minimum atomic E-state index is 0.919. The average molecular weight is 331 g/mol. The topological polar surface area (TPSA) is 34.1 Å². The van der Waals surface area contributed by atoms with Crippen LogP contribution in [0.2, 0.25) is 0 Å². The van der Waals surface area contributed by atoms with Gasteiger partial charge < -0.3 is 4.74 Å². The summed E-state index contributed by atoms with van der Waals surface area (Å²) in [7, 11) is 1.78. The van der Waals surface area contributed by atoms with E-state index in [1.54, 1.807) is 30.4 Å². The van der Waals surface area contributed by atoms with E-state index in [2.05, 4.69) is 23.6 Å². The Bertz CT molecular complexity index is 369. The highest BCUT2D eigenvalue weighted by molar-refractivity contribution is 7.99. The first-order chi connectivity index (χ1) is 10.2. The van der Waals surface area contributed by atoms with Gasteiger partial charge in [0.1, 0.15) is 0 Å². The van der Waals surface area contributed by atoms with Gasteiger partial charge in [-0.25, -0.2) is 4.98 Å². The fourth-order valence-electron chi connectivity index (χ4n) is 2.23. The summed E-state index contributed by atoms with van der Waals surface area (Å²) < 4.78 is 9.82. The van der Waals surface area contributed by atoms with Crippen LogP contribution in [0.3, 0.4) is 0 Å². The molecular weight excluding hydrogens is 300 g/mol. The van der Waals surface area contributed by atoms with Gasteiger partial charge >= 0.3 is 0 Å². The first kappa shape index (κ1) is 18.9. The van der Waals surface area contributed by atoms with Crippen LogP contribution >= 0.6 is 23.3 Å². The Hall–Kier alpha value is -0.100. The molecular formula is C16H30N2OS2. The molecule has 0 amide bonds. The second-order valence-corrected chi connectivity index (χ2v) is 7.79. The van der Waals surface area contributed by atoms with Gasteiger partial charge in [0, 0.05) is 20.3 Å². The van der Waals surface area contributed by atoms with Crippen LogP contribution in [-0.2, 0) is 4.74 Å². The normalized spacial score (nSPS) is 11.2. The number of unbranched alkanes of at least 4 members (excludes halogenated alkanes) is 7. The van der Waals surface area contributed by atoms with Crippen molar-refractivity contribution in [3.05, 3.63) is 10.7 Å². The van der Waals surface area contributed by atoms with Gasteiger partial charge in [-0.3, -0.25) is 4.72 Å². The van der Waals surface area contributed by atoms with E-state index in [-0.39, 0.29) is 0 Å². The van der Waals surface area contributed by atoms with E-state index < -0.39 is 0 Å². The van der Waals surface area contributed by atoms with Gasteiger partial charge in [-0.1, -0.05) is 38.5 Å². The van der Waals surface area contributed by atoms with E-state index in [0.717, 1.165) is 23.9 Å². The Balaban J connectivity index is 1.84. The Morgan fingerprint density at radius 1 is 1.00 bits per heavy atom. The lowest BCUT2D eigenvalue weighted by Gasteiger charge is -2.04. The molecule has 1 aromatic heterocycles. The van der Waals surface area contributed by atoms with Gasteiger partial charge in [0.25, 0.3) is 0 Å². The molecule has 21 heavy (non-hydrogen) atoms. The maximum Gasteiger partial charge on any atom is 0.0981 e. The first-order valence-electron chi connectivity index (χ1n) is 8.06. The first-order valence-corrected chi connectivity index (χ1v) is 9.70. The summed E-state index contributed by atoms with van der Waals surface area (Å²) in [5.41, 5.74) is 1.16. The lowest BCUT2D eigenvalue weighted by molar-refractivity contribution is 0.192. The zero-order chi connectivity index (χ0) is 15.3. The number of aromatic nitrogens is 1. The molecule has 0 aromatic carbocycles. The highest BCUT2D eigenvalue weighted by atomic mass is 32.2.